The number of ether oxygens (including phenoxy) is 1. The molecular formula is C31H44N4O7. The molecule has 1 aromatic rings. The van der Waals surface area contributed by atoms with Gasteiger partial charge in [-0.25, -0.2) is 0 Å². The van der Waals surface area contributed by atoms with E-state index in [1.165, 1.54) is 12.0 Å². The van der Waals surface area contributed by atoms with Crippen molar-refractivity contribution >= 4 is 35.1 Å². The highest BCUT2D eigenvalue weighted by atomic mass is 16.5. The van der Waals surface area contributed by atoms with Gasteiger partial charge in [0.25, 0.3) is 5.91 Å². The molecule has 0 aliphatic carbocycles. The molecule has 3 aliphatic rings. The van der Waals surface area contributed by atoms with Crippen LogP contribution in [0.4, 0.5) is 11.4 Å². The lowest BCUT2D eigenvalue weighted by atomic mass is 9.82. The molecule has 11 heteroatoms. The summed E-state index contributed by atoms with van der Waals surface area (Å²) in [5.74, 6) is -1.85. The number of unbranched alkanes of at least 4 members (excludes halogenated alkanes) is 1. The first kappa shape index (κ1) is 31.7. The second-order valence-electron chi connectivity index (χ2n) is 11.5. The highest BCUT2D eigenvalue weighted by molar-refractivity contribution is 6.08. The molecule has 0 saturated carbocycles. The van der Waals surface area contributed by atoms with E-state index in [-0.39, 0.29) is 49.2 Å². The molecule has 3 heterocycles. The number of methoxy groups -OCH3 is 1. The van der Waals surface area contributed by atoms with Crippen LogP contribution in [0.15, 0.2) is 30.4 Å². The summed E-state index contributed by atoms with van der Waals surface area (Å²) in [5, 5.41) is 27.8. The van der Waals surface area contributed by atoms with Crippen LogP contribution in [0, 0.1) is 11.8 Å². The smallest absolute Gasteiger partial charge is 0.305 e. The molecule has 4 atom stereocenters. The van der Waals surface area contributed by atoms with Crippen LogP contribution in [-0.4, -0.2) is 84.7 Å². The Balaban J connectivity index is 1.53. The Morgan fingerprint density at radius 1 is 1.24 bits per heavy atom. The van der Waals surface area contributed by atoms with E-state index < -0.39 is 17.4 Å². The molecule has 0 spiro atoms. The molecule has 2 saturated heterocycles. The number of piperidine rings is 1. The van der Waals surface area contributed by atoms with Crippen LogP contribution in [0.25, 0.3) is 0 Å². The molecule has 1 unspecified atom stereocenters. The van der Waals surface area contributed by atoms with Crippen LogP contribution < -0.4 is 15.5 Å². The number of rotatable bonds is 12. The first-order valence-corrected chi connectivity index (χ1v) is 15.0. The van der Waals surface area contributed by atoms with E-state index in [1.807, 2.05) is 0 Å². The lowest BCUT2D eigenvalue weighted by Crippen LogP contribution is -2.44. The SMILES string of the molecule is COC(=O)CCCCN1C(=O)[C@](O)([C@H](C)/C=C/CC(=O)N2CCC[C@H]2CO)c2cc(NC(=O)C3CCCNC3)ccc21. The molecule has 2 fully saturated rings. The minimum absolute atomic E-state index is 0.0670. The van der Waals surface area contributed by atoms with Gasteiger partial charge in [0.05, 0.1) is 31.4 Å². The molecule has 230 valence electrons. The fourth-order valence-electron chi connectivity index (χ4n) is 6.19. The molecule has 4 N–H and O–H groups in total. The molecule has 3 aliphatic heterocycles. The zero-order chi connectivity index (χ0) is 30.3. The average molecular weight is 585 g/mol. The van der Waals surface area contributed by atoms with Gasteiger partial charge in [0.1, 0.15) is 0 Å². The van der Waals surface area contributed by atoms with Crippen molar-refractivity contribution in [1.82, 2.24) is 10.2 Å². The number of esters is 1. The van der Waals surface area contributed by atoms with Gasteiger partial charge in [0.15, 0.2) is 5.60 Å². The highest BCUT2D eigenvalue weighted by Gasteiger charge is 2.52. The van der Waals surface area contributed by atoms with Gasteiger partial charge in [-0.15, -0.1) is 0 Å². The maximum atomic E-state index is 13.8. The van der Waals surface area contributed by atoms with Crippen molar-refractivity contribution in [3.05, 3.63) is 35.9 Å². The van der Waals surface area contributed by atoms with Crippen molar-refractivity contribution in [3.8, 4) is 0 Å². The standard InChI is InChI=1S/C31H44N4O7/c1-21(8-5-11-27(37)34-17-7-10-24(34)20-36)31(41)25-18-23(33-29(39)22-9-6-15-32-19-22)13-14-26(25)35(30(31)40)16-4-3-12-28(38)42-2/h5,8,13-14,18,21-22,24,32,36,41H,3-4,6-7,9-12,15-17,19-20H2,1-2H3,(H,33,39)/b8-5+/t21-,22?,24+,31+/m1/s1. The molecule has 0 aromatic heterocycles. The van der Waals surface area contributed by atoms with Gasteiger partial charge < -0.3 is 35.4 Å². The molecule has 11 nitrogen and oxygen atoms in total. The van der Waals surface area contributed by atoms with Crippen molar-refractivity contribution in [2.45, 2.75) is 69.9 Å². The summed E-state index contributed by atoms with van der Waals surface area (Å²) in [6.45, 7) is 4.08. The third kappa shape index (κ3) is 6.85. The van der Waals surface area contributed by atoms with Gasteiger partial charge in [-0.1, -0.05) is 19.1 Å². The van der Waals surface area contributed by atoms with Crippen LogP contribution in [0.5, 0.6) is 0 Å². The maximum absolute atomic E-state index is 13.8. The number of hydrogen-bond donors (Lipinski definition) is 4. The average Bonchev–Trinajstić information content (AvgIpc) is 3.57. The Morgan fingerprint density at radius 3 is 2.76 bits per heavy atom. The number of fused-ring (bicyclic) bond motifs is 1. The van der Waals surface area contributed by atoms with Gasteiger partial charge >= 0.3 is 5.97 Å². The van der Waals surface area contributed by atoms with Crippen LogP contribution >= 0.6 is 0 Å². The van der Waals surface area contributed by atoms with E-state index in [0.29, 0.717) is 49.4 Å². The summed E-state index contributed by atoms with van der Waals surface area (Å²) < 4.78 is 4.71. The van der Waals surface area contributed by atoms with Crippen LogP contribution in [0.2, 0.25) is 0 Å². The predicted octanol–water partition coefficient (Wildman–Crippen LogP) is 2.07. The summed E-state index contributed by atoms with van der Waals surface area (Å²) in [7, 11) is 1.34. The third-order valence-corrected chi connectivity index (χ3v) is 8.73. The van der Waals surface area contributed by atoms with Gasteiger partial charge in [0, 0.05) is 49.6 Å². The van der Waals surface area contributed by atoms with Gasteiger partial charge in [-0.2, -0.15) is 0 Å². The number of hydrogen-bond acceptors (Lipinski definition) is 8. The Hall–Kier alpha value is -3.28. The van der Waals surface area contributed by atoms with Gasteiger partial charge in [0.2, 0.25) is 11.8 Å². The monoisotopic (exact) mass is 584 g/mol. The Morgan fingerprint density at radius 2 is 2.05 bits per heavy atom. The number of benzene rings is 1. The summed E-state index contributed by atoms with van der Waals surface area (Å²) in [5.41, 5.74) is -0.468. The molecule has 4 rings (SSSR count). The fourth-order valence-corrected chi connectivity index (χ4v) is 6.19. The quantitative estimate of drug-likeness (QED) is 0.166. The minimum Gasteiger partial charge on any atom is -0.469 e. The van der Waals surface area contributed by atoms with E-state index >= 15 is 0 Å². The van der Waals surface area contributed by atoms with E-state index in [4.69, 9.17) is 4.74 Å². The first-order chi connectivity index (χ1) is 20.2. The number of nitrogens with one attached hydrogen (secondary N) is 2. The van der Waals surface area contributed by atoms with E-state index in [1.54, 1.807) is 42.2 Å². The first-order valence-electron chi connectivity index (χ1n) is 15.0. The third-order valence-electron chi connectivity index (χ3n) is 8.73. The molecule has 1 aromatic carbocycles. The summed E-state index contributed by atoms with van der Waals surface area (Å²) in [6, 6.07) is 4.98. The second-order valence-corrected chi connectivity index (χ2v) is 11.5. The normalized spacial score (nSPS) is 24.6. The van der Waals surface area contributed by atoms with Crippen molar-refractivity contribution < 1.29 is 34.1 Å². The van der Waals surface area contributed by atoms with Crippen LogP contribution in [-0.2, 0) is 29.5 Å². The Kier molecular flexibility index (Phi) is 10.7. The lowest BCUT2D eigenvalue weighted by Gasteiger charge is -2.28. The van der Waals surface area contributed by atoms with E-state index in [0.717, 1.165) is 32.2 Å². The van der Waals surface area contributed by atoms with Crippen molar-refractivity contribution in [1.29, 1.82) is 0 Å². The Labute approximate surface area is 247 Å². The maximum Gasteiger partial charge on any atom is 0.305 e. The number of carbonyl (C=O) groups is 4. The summed E-state index contributed by atoms with van der Waals surface area (Å²) in [6.07, 6.45) is 8.09. The van der Waals surface area contributed by atoms with Crippen molar-refractivity contribution in [2.24, 2.45) is 11.8 Å². The van der Waals surface area contributed by atoms with E-state index in [9.17, 15) is 29.4 Å². The molecule has 0 radical (unpaired) electrons. The van der Waals surface area contributed by atoms with Crippen LogP contribution in [0.1, 0.15) is 63.9 Å². The summed E-state index contributed by atoms with van der Waals surface area (Å²) >= 11 is 0. The zero-order valence-electron chi connectivity index (χ0n) is 24.6. The van der Waals surface area contributed by atoms with Crippen LogP contribution in [0.3, 0.4) is 0 Å². The number of anilines is 2. The van der Waals surface area contributed by atoms with Crippen molar-refractivity contribution in [3.63, 3.8) is 0 Å². The number of carbonyl (C=O) groups excluding carboxylic acids is 4. The largest absolute Gasteiger partial charge is 0.469 e. The molecule has 42 heavy (non-hydrogen) atoms. The van der Waals surface area contributed by atoms with E-state index in [2.05, 4.69) is 10.6 Å². The number of amides is 3. The number of aliphatic hydroxyl groups is 2. The number of aliphatic hydroxyl groups excluding tert-OH is 1. The number of nitrogens with zero attached hydrogens (tertiary/aromatic N) is 2. The lowest BCUT2D eigenvalue weighted by molar-refractivity contribution is -0.140. The van der Waals surface area contributed by atoms with Crippen molar-refractivity contribution in [2.75, 3.05) is 50.1 Å². The predicted molar refractivity (Wildman–Crippen MR) is 158 cm³/mol. The number of likely N-dealkylation sites (tertiary alicyclic amines) is 1. The minimum atomic E-state index is -1.91. The topological polar surface area (TPSA) is 149 Å². The van der Waals surface area contributed by atoms with Gasteiger partial charge in [-0.3, -0.25) is 19.2 Å². The molecular weight excluding hydrogens is 540 g/mol. The molecule has 3 amide bonds. The second kappa shape index (κ2) is 14.3. The zero-order valence-corrected chi connectivity index (χ0v) is 24.6. The fraction of sp³-hybridized carbons (Fsp3) is 0.613. The summed E-state index contributed by atoms with van der Waals surface area (Å²) in [4.78, 5) is 54.3. The Bertz CT molecular complexity index is 1180. The van der Waals surface area contributed by atoms with Gasteiger partial charge in [-0.05, 0) is 63.3 Å². The highest BCUT2D eigenvalue weighted by Crippen LogP contribution is 2.46. The molecule has 0 bridgehead atoms.